The highest BCUT2D eigenvalue weighted by atomic mass is 19.3. The Kier molecular flexibility index (Phi) is 3.11. The van der Waals surface area contributed by atoms with Crippen molar-refractivity contribution in [3.63, 3.8) is 0 Å². The molecule has 0 spiro atoms. The molecule has 0 amide bonds. The summed E-state index contributed by atoms with van der Waals surface area (Å²) in [4.78, 5) is 4.41. The van der Waals surface area contributed by atoms with Crippen molar-refractivity contribution in [3.8, 4) is 0 Å². The van der Waals surface area contributed by atoms with Crippen LogP contribution < -0.4 is 5.32 Å². The number of fused-ring (bicyclic) bond motifs is 1. The lowest BCUT2D eigenvalue weighted by molar-refractivity contribution is -0.111. The summed E-state index contributed by atoms with van der Waals surface area (Å²) in [6.07, 6.45) is 0.819. The molecule has 2 aromatic rings. The number of alkyl halides is 2. The van der Waals surface area contributed by atoms with Crippen LogP contribution in [0, 0.1) is 19.8 Å². The van der Waals surface area contributed by atoms with Gasteiger partial charge in [-0.25, -0.2) is 13.8 Å². The summed E-state index contributed by atoms with van der Waals surface area (Å²) >= 11 is 0. The highest BCUT2D eigenvalue weighted by Gasteiger charge is 2.44. The molecule has 1 aliphatic carbocycles. The Balaban J connectivity index is 1.65. The first-order chi connectivity index (χ1) is 9.43. The first kappa shape index (κ1) is 13.3. The van der Waals surface area contributed by atoms with Gasteiger partial charge in [0, 0.05) is 37.2 Å². The van der Waals surface area contributed by atoms with Crippen molar-refractivity contribution in [3.05, 3.63) is 23.5 Å². The number of hydrogen-bond acceptors (Lipinski definition) is 3. The minimum absolute atomic E-state index is 0.0281. The second kappa shape index (κ2) is 4.68. The Bertz CT molecular complexity index is 627. The highest BCUT2D eigenvalue weighted by Crippen LogP contribution is 2.43. The zero-order chi connectivity index (χ0) is 14.3. The van der Waals surface area contributed by atoms with Crippen molar-refractivity contribution in [1.82, 2.24) is 14.6 Å². The highest BCUT2D eigenvalue weighted by molar-refractivity contribution is 5.50. The summed E-state index contributed by atoms with van der Waals surface area (Å²) in [7, 11) is 0. The SMILES string of the molecule is Cc1cc(NCCC2CC(F)(F)C2)n2nc(C)cc2n1. The Labute approximate surface area is 116 Å². The first-order valence-electron chi connectivity index (χ1n) is 6.89. The van der Waals surface area contributed by atoms with Crippen molar-refractivity contribution >= 4 is 11.5 Å². The molecule has 0 aromatic carbocycles. The van der Waals surface area contributed by atoms with Crippen molar-refractivity contribution in [2.24, 2.45) is 5.92 Å². The van der Waals surface area contributed by atoms with Crippen molar-refractivity contribution in [2.45, 2.75) is 39.0 Å². The molecule has 1 saturated carbocycles. The predicted octanol–water partition coefficient (Wildman–Crippen LogP) is 3.19. The van der Waals surface area contributed by atoms with Crippen LogP contribution in [0.4, 0.5) is 14.6 Å². The third-order valence-electron chi connectivity index (χ3n) is 3.71. The Morgan fingerprint density at radius 3 is 2.75 bits per heavy atom. The van der Waals surface area contributed by atoms with Crippen molar-refractivity contribution in [2.75, 3.05) is 11.9 Å². The smallest absolute Gasteiger partial charge is 0.248 e. The van der Waals surface area contributed by atoms with E-state index in [9.17, 15) is 8.78 Å². The van der Waals surface area contributed by atoms with Crippen LogP contribution in [0.5, 0.6) is 0 Å². The van der Waals surface area contributed by atoms with E-state index in [2.05, 4.69) is 15.4 Å². The molecular formula is C14H18F2N4. The molecule has 1 N–H and O–H groups in total. The summed E-state index contributed by atoms with van der Waals surface area (Å²) < 4.78 is 27.3. The van der Waals surface area contributed by atoms with Crippen molar-refractivity contribution < 1.29 is 8.78 Å². The minimum atomic E-state index is -2.43. The predicted molar refractivity (Wildman–Crippen MR) is 73.2 cm³/mol. The molecule has 0 atom stereocenters. The number of rotatable bonds is 4. The molecule has 1 fully saturated rings. The first-order valence-corrected chi connectivity index (χ1v) is 6.89. The number of hydrogen-bond donors (Lipinski definition) is 1. The number of nitrogens with zero attached hydrogens (tertiary/aromatic N) is 3. The van der Waals surface area contributed by atoms with Crippen LogP contribution in [-0.2, 0) is 0 Å². The zero-order valence-corrected chi connectivity index (χ0v) is 11.7. The topological polar surface area (TPSA) is 42.2 Å². The maximum absolute atomic E-state index is 12.8. The average molecular weight is 280 g/mol. The van der Waals surface area contributed by atoms with Crippen LogP contribution >= 0.6 is 0 Å². The molecule has 0 aliphatic heterocycles. The van der Waals surface area contributed by atoms with Crippen LogP contribution in [0.25, 0.3) is 5.65 Å². The van der Waals surface area contributed by atoms with Crippen LogP contribution in [-0.4, -0.2) is 27.1 Å². The number of aromatic nitrogens is 3. The quantitative estimate of drug-likeness (QED) is 0.935. The number of nitrogens with one attached hydrogen (secondary N) is 1. The number of aryl methyl sites for hydroxylation is 2. The van der Waals surface area contributed by atoms with Gasteiger partial charge in [-0.05, 0) is 26.2 Å². The summed E-state index contributed by atoms with van der Waals surface area (Å²) in [5.41, 5.74) is 2.63. The lowest BCUT2D eigenvalue weighted by Gasteiger charge is -2.34. The molecule has 0 radical (unpaired) electrons. The van der Waals surface area contributed by atoms with Crippen LogP contribution in [0.3, 0.4) is 0 Å². The summed E-state index contributed by atoms with van der Waals surface area (Å²) in [6, 6.07) is 3.85. The Hall–Kier alpha value is -1.72. The fourth-order valence-electron chi connectivity index (χ4n) is 2.73. The molecule has 20 heavy (non-hydrogen) atoms. The van der Waals surface area contributed by atoms with Gasteiger partial charge in [-0.3, -0.25) is 0 Å². The number of halogens is 2. The summed E-state index contributed by atoms with van der Waals surface area (Å²) in [5, 5.41) is 7.66. The zero-order valence-electron chi connectivity index (χ0n) is 11.7. The van der Waals surface area contributed by atoms with E-state index < -0.39 is 5.92 Å². The monoisotopic (exact) mass is 280 g/mol. The van der Waals surface area contributed by atoms with Gasteiger partial charge in [0.1, 0.15) is 5.82 Å². The molecular weight excluding hydrogens is 262 g/mol. The third kappa shape index (κ3) is 2.59. The molecule has 6 heteroatoms. The van der Waals surface area contributed by atoms with E-state index in [1.807, 2.05) is 26.0 Å². The van der Waals surface area contributed by atoms with Gasteiger partial charge >= 0.3 is 0 Å². The molecule has 3 rings (SSSR count). The van der Waals surface area contributed by atoms with Gasteiger partial charge in [0.2, 0.25) is 5.92 Å². The fourth-order valence-corrected chi connectivity index (χ4v) is 2.73. The summed E-state index contributed by atoms with van der Waals surface area (Å²) in [5.74, 6) is -1.42. The minimum Gasteiger partial charge on any atom is -0.370 e. The van der Waals surface area contributed by atoms with Gasteiger partial charge in [0.05, 0.1) is 5.69 Å². The molecule has 2 heterocycles. The molecule has 108 valence electrons. The molecule has 4 nitrogen and oxygen atoms in total. The van der Waals surface area contributed by atoms with Crippen LogP contribution in [0.1, 0.15) is 30.7 Å². The van der Waals surface area contributed by atoms with Crippen LogP contribution in [0.15, 0.2) is 12.1 Å². The molecule has 0 bridgehead atoms. The lowest BCUT2D eigenvalue weighted by Crippen LogP contribution is -2.36. The fraction of sp³-hybridized carbons (Fsp3) is 0.571. The van der Waals surface area contributed by atoms with Gasteiger partial charge in [-0.2, -0.15) is 9.61 Å². The van der Waals surface area contributed by atoms with Gasteiger partial charge < -0.3 is 5.32 Å². The number of anilines is 1. The van der Waals surface area contributed by atoms with E-state index in [0.29, 0.717) is 6.54 Å². The molecule has 0 saturated heterocycles. The Morgan fingerprint density at radius 2 is 2.05 bits per heavy atom. The van der Waals surface area contributed by atoms with Gasteiger partial charge in [-0.1, -0.05) is 0 Å². The van der Waals surface area contributed by atoms with Gasteiger partial charge in [0.15, 0.2) is 5.65 Å². The largest absolute Gasteiger partial charge is 0.370 e. The van der Waals surface area contributed by atoms with Gasteiger partial charge in [0.25, 0.3) is 0 Å². The maximum atomic E-state index is 12.8. The van der Waals surface area contributed by atoms with E-state index in [1.54, 1.807) is 4.52 Å². The van der Waals surface area contributed by atoms with E-state index >= 15 is 0 Å². The average Bonchev–Trinajstić information content (AvgIpc) is 2.66. The normalized spacial score (nSPS) is 18.2. The second-order valence-electron chi connectivity index (χ2n) is 5.68. The van der Waals surface area contributed by atoms with E-state index in [-0.39, 0.29) is 18.8 Å². The van der Waals surface area contributed by atoms with E-state index in [4.69, 9.17) is 0 Å². The van der Waals surface area contributed by atoms with E-state index in [0.717, 1.165) is 29.3 Å². The molecule has 2 aromatic heterocycles. The molecule has 0 unspecified atom stereocenters. The standard InChI is InChI=1S/C14H18F2N4/c1-9-5-12(20-13(18-9)6-10(2)19-20)17-4-3-11-7-14(15,16)8-11/h5-6,11,17H,3-4,7-8H2,1-2H3. The lowest BCUT2D eigenvalue weighted by atomic mass is 9.79. The maximum Gasteiger partial charge on any atom is 0.248 e. The van der Waals surface area contributed by atoms with Crippen LogP contribution in [0.2, 0.25) is 0 Å². The van der Waals surface area contributed by atoms with Crippen molar-refractivity contribution in [1.29, 1.82) is 0 Å². The Morgan fingerprint density at radius 1 is 1.30 bits per heavy atom. The molecule has 1 aliphatic rings. The van der Waals surface area contributed by atoms with Gasteiger partial charge in [-0.15, -0.1) is 0 Å². The summed E-state index contributed by atoms with van der Waals surface area (Å²) in [6.45, 7) is 4.53. The second-order valence-corrected chi connectivity index (χ2v) is 5.68. The van der Waals surface area contributed by atoms with E-state index in [1.165, 1.54) is 0 Å². The third-order valence-corrected chi connectivity index (χ3v) is 3.71.